The minimum Gasteiger partial charge on any atom is -0.493 e. The van der Waals surface area contributed by atoms with Crippen LogP contribution in [0.25, 0.3) is 0 Å². The quantitative estimate of drug-likeness (QED) is 0.623. The maximum Gasteiger partial charge on any atom is 0.337 e. The van der Waals surface area contributed by atoms with E-state index in [-0.39, 0.29) is 12.2 Å². The fourth-order valence-corrected chi connectivity index (χ4v) is 2.24. The number of ether oxygens (including phenoxy) is 3. The van der Waals surface area contributed by atoms with Crippen LogP contribution in [0.15, 0.2) is 36.4 Å². The molecule has 0 bridgehead atoms. The molecule has 5 nitrogen and oxygen atoms in total. The van der Waals surface area contributed by atoms with Crippen molar-refractivity contribution in [2.75, 3.05) is 14.2 Å². The lowest BCUT2D eigenvalue weighted by molar-refractivity contribution is -0.133. The second kappa shape index (κ2) is 7.64. The summed E-state index contributed by atoms with van der Waals surface area (Å²) in [5.41, 5.74) is 3.50. The standard InChI is InChI=1S/C19H20O5/c1-12-5-6-14(9-13(12)2)10-18(20)24-16-8-7-15(19(21)23-4)11-17(16)22-3/h5-9,11H,10H2,1-4H3. The Morgan fingerprint density at radius 2 is 1.67 bits per heavy atom. The first-order valence-corrected chi connectivity index (χ1v) is 7.47. The van der Waals surface area contributed by atoms with Gasteiger partial charge in [-0.15, -0.1) is 0 Å². The lowest BCUT2D eigenvalue weighted by Gasteiger charge is -2.11. The van der Waals surface area contributed by atoms with E-state index in [1.165, 1.54) is 38.0 Å². The van der Waals surface area contributed by atoms with Crippen LogP contribution in [0.4, 0.5) is 0 Å². The van der Waals surface area contributed by atoms with E-state index < -0.39 is 11.9 Å². The first-order valence-electron chi connectivity index (χ1n) is 7.47. The number of benzene rings is 2. The van der Waals surface area contributed by atoms with Crippen molar-refractivity contribution in [2.24, 2.45) is 0 Å². The number of rotatable bonds is 5. The number of carbonyl (C=O) groups excluding carboxylic acids is 2. The predicted molar refractivity (Wildman–Crippen MR) is 89.6 cm³/mol. The lowest BCUT2D eigenvalue weighted by Crippen LogP contribution is -2.12. The molecule has 0 aliphatic carbocycles. The summed E-state index contributed by atoms with van der Waals surface area (Å²) in [6, 6.07) is 10.4. The van der Waals surface area contributed by atoms with Gasteiger partial charge < -0.3 is 14.2 Å². The molecule has 0 aliphatic rings. The van der Waals surface area contributed by atoms with Crippen molar-refractivity contribution < 1.29 is 23.8 Å². The van der Waals surface area contributed by atoms with Crippen LogP contribution in [0.3, 0.4) is 0 Å². The van der Waals surface area contributed by atoms with Crippen LogP contribution in [-0.4, -0.2) is 26.2 Å². The van der Waals surface area contributed by atoms with Gasteiger partial charge in [-0.1, -0.05) is 18.2 Å². The van der Waals surface area contributed by atoms with E-state index in [0.29, 0.717) is 11.3 Å². The second-order valence-electron chi connectivity index (χ2n) is 5.43. The van der Waals surface area contributed by atoms with Crippen molar-refractivity contribution in [1.82, 2.24) is 0 Å². The van der Waals surface area contributed by atoms with E-state index in [1.807, 2.05) is 32.0 Å². The van der Waals surface area contributed by atoms with E-state index >= 15 is 0 Å². The van der Waals surface area contributed by atoms with Gasteiger partial charge >= 0.3 is 11.9 Å². The van der Waals surface area contributed by atoms with Crippen molar-refractivity contribution in [3.05, 3.63) is 58.7 Å². The Hall–Kier alpha value is -2.82. The highest BCUT2D eigenvalue weighted by atomic mass is 16.6. The average molecular weight is 328 g/mol. The van der Waals surface area contributed by atoms with E-state index in [2.05, 4.69) is 4.74 Å². The molecule has 0 aliphatic heterocycles. The molecule has 0 aromatic heterocycles. The SMILES string of the molecule is COC(=O)c1ccc(OC(=O)Cc2ccc(C)c(C)c2)c(OC)c1. The summed E-state index contributed by atoms with van der Waals surface area (Å²) in [4.78, 5) is 23.7. The summed E-state index contributed by atoms with van der Waals surface area (Å²) in [5, 5.41) is 0. The monoisotopic (exact) mass is 328 g/mol. The molecule has 0 saturated carbocycles. The zero-order valence-electron chi connectivity index (χ0n) is 14.2. The van der Waals surface area contributed by atoms with Crippen LogP contribution < -0.4 is 9.47 Å². The fourth-order valence-electron chi connectivity index (χ4n) is 2.24. The molecule has 0 amide bonds. The first-order chi connectivity index (χ1) is 11.4. The van der Waals surface area contributed by atoms with Gasteiger partial charge in [-0.05, 0) is 48.7 Å². The third-order valence-corrected chi connectivity index (χ3v) is 3.73. The minimum absolute atomic E-state index is 0.156. The summed E-state index contributed by atoms with van der Waals surface area (Å²) < 4.78 is 15.2. The van der Waals surface area contributed by atoms with Gasteiger partial charge in [0.25, 0.3) is 0 Å². The first kappa shape index (κ1) is 17.5. The fraction of sp³-hybridized carbons (Fsp3) is 0.263. The van der Waals surface area contributed by atoms with E-state index in [1.54, 1.807) is 0 Å². The summed E-state index contributed by atoms with van der Waals surface area (Å²) in [6.45, 7) is 4.02. The molecule has 0 N–H and O–H groups in total. The molecule has 0 heterocycles. The Morgan fingerprint density at radius 3 is 2.29 bits per heavy atom. The van der Waals surface area contributed by atoms with Crippen molar-refractivity contribution in [3.63, 3.8) is 0 Å². The molecule has 0 atom stereocenters. The van der Waals surface area contributed by atoms with Crippen LogP contribution in [0, 0.1) is 13.8 Å². The number of aryl methyl sites for hydroxylation is 2. The van der Waals surface area contributed by atoms with Crippen molar-refractivity contribution in [1.29, 1.82) is 0 Å². The number of hydrogen-bond donors (Lipinski definition) is 0. The van der Waals surface area contributed by atoms with Gasteiger partial charge in [-0.25, -0.2) is 4.79 Å². The van der Waals surface area contributed by atoms with Crippen molar-refractivity contribution in [2.45, 2.75) is 20.3 Å². The zero-order valence-corrected chi connectivity index (χ0v) is 14.2. The zero-order chi connectivity index (χ0) is 17.7. The molecule has 0 radical (unpaired) electrons. The van der Waals surface area contributed by atoms with Gasteiger partial charge in [0.2, 0.25) is 0 Å². The Kier molecular flexibility index (Phi) is 5.58. The Labute approximate surface area is 141 Å². The maximum absolute atomic E-state index is 12.2. The Bertz CT molecular complexity index is 764. The topological polar surface area (TPSA) is 61.8 Å². The minimum atomic E-state index is -0.485. The van der Waals surface area contributed by atoms with Gasteiger partial charge in [0.05, 0.1) is 26.2 Å². The highest BCUT2D eigenvalue weighted by Crippen LogP contribution is 2.28. The van der Waals surface area contributed by atoms with Crippen LogP contribution in [0.5, 0.6) is 11.5 Å². The van der Waals surface area contributed by atoms with Gasteiger partial charge in [-0.3, -0.25) is 4.79 Å². The normalized spacial score (nSPS) is 10.2. The molecule has 0 spiro atoms. The van der Waals surface area contributed by atoms with Crippen LogP contribution in [0.2, 0.25) is 0 Å². The van der Waals surface area contributed by atoms with Crippen LogP contribution in [0.1, 0.15) is 27.0 Å². The molecule has 5 heteroatoms. The summed E-state index contributed by atoms with van der Waals surface area (Å²) in [7, 11) is 2.74. The van der Waals surface area contributed by atoms with Crippen molar-refractivity contribution >= 4 is 11.9 Å². The molecule has 0 fully saturated rings. The molecule has 0 unspecified atom stereocenters. The van der Waals surface area contributed by atoms with E-state index in [0.717, 1.165) is 11.1 Å². The molecular weight excluding hydrogens is 308 g/mol. The summed E-state index contributed by atoms with van der Waals surface area (Å²) in [6.07, 6.45) is 0.156. The third-order valence-electron chi connectivity index (χ3n) is 3.73. The van der Waals surface area contributed by atoms with Gasteiger partial charge in [0, 0.05) is 0 Å². The van der Waals surface area contributed by atoms with Crippen LogP contribution >= 0.6 is 0 Å². The number of methoxy groups -OCH3 is 2. The summed E-state index contributed by atoms with van der Waals surface area (Å²) in [5.74, 6) is -0.325. The Morgan fingerprint density at radius 1 is 0.917 bits per heavy atom. The van der Waals surface area contributed by atoms with E-state index in [4.69, 9.17) is 9.47 Å². The predicted octanol–water partition coefficient (Wildman–Crippen LogP) is 3.25. The smallest absolute Gasteiger partial charge is 0.337 e. The maximum atomic E-state index is 12.2. The van der Waals surface area contributed by atoms with Crippen molar-refractivity contribution in [3.8, 4) is 11.5 Å². The van der Waals surface area contributed by atoms with Crippen LogP contribution in [-0.2, 0) is 16.0 Å². The summed E-state index contributed by atoms with van der Waals surface area (Å²) >= 11 is 0. The molecule has 2 rings (SSSR count). The molecule has 126 valence electrons. The molecule has 24 heavy (non-hydrogen) atoms. The third kappa shape index (κ3) is 4.13. The molecular formula is C19H20O5. The molecule has 0 saturated heterocycles. The largest absolute Gasteiger partial charge is 0.493 e. The second-order valence-corrected chi connectivity index (χ2v) is 5.43. The van der Waals surface area contributed by atoms with E-state index in [9.17, 15) is 9.59 Å². The highest BCUT2D eigenvalue weighted by Gasteiger charge is 2.14. The van der Waals surface area contributed by atoms with Gasteiger partial charge in [0.1, 0.15) is 0 Å². The average Bonchev–Trinajstić information content (AvgIpc) is 2.57. The Balaban J connectivity index is 2.13. The number of carbonyl (C=O) groups is 2. The van der Waals surface area contributed by atoms with Gasteiger partial charge in [0.15, 0.2) is 11.5 Å². The molecule has 2 aromatic rings. The number of hydrogen-bond acceptors (Lipinski definition) is 5. The molecule has 2 aromatic carbocycles. The highest BCUT2D eigenvalue weighted by molar-refractivity contribution is 5.90. The lowest BCUT2D eigenvalue weighted by atomic mass is 10.0. The van der Waals surface area contributed by atoms with Gasteiger partial charge in [-0.2, -0.15) is 0 Å². The number of esters is 2.